The van der Waals surface area contributed by atoms with Crippen LogP contribution in [0.4, 0.5) is 4.39 Å². The maximum Gasteiger partial charge on any atom is 0.142 e. The van der Waals surface area contributed by atoms with E-state index in [0.717, 1.165) is 18.4 Å². The second kappa shape index (κ2) is 3.87. The van der Waals surface area contributed by atoms with Crippen molar-refractivity contribution < 1.29 is 4.39 Å². The van der Waals surface area contributed by atoms with Crippen molar-refractivity contribution in [3.63, 3.8) is 0 Å². The summed E-state index contributed by atoms with van der Waals surface area (Å²) in [4.78, 5) is 0. The predicted molar refractivity (Wildman–Crippen MR) is 55.7 cm³/mol. The van der Waals surface area contributed by atoms with Gasteiger partial charge in [-0.25, -0.2) is 4.39 Å². The lowest BCUT2D eigenvalue weighted by atomic mass is 9.77. The number of hydrogen-bond donors (Lipinski definition) is 1. The first kappa shape index (κ1) is 9.94. The monoisotopic (exact) mass is 213 g/mol. The molecule has 0 amide bonds. The average molecular weight is 214 g/mol. The van der Waals surface area contributed by atoms with Gasteiger partial charge in [0.2, 0.25) is 0 Å². The van der Waals surface area contributed by atoms with Crippen molar-refractivity contribution in [2.45, 2.75) is 25.3 Å². The van der Waals surface area contributed by atoms with Crippen LogP contribution in [0.5, 0.6) is 0 Å². The lowest BCUT2D eigenvalue weighted by Gasteiger charge is -2.31. The highest BCUT2D eigenvalue weighted by atomic mass is 35.5. The van der Waals surface area contributed by atoms with Gasteiger partial charge in [0.15, 0.2) is 0 Å². The smallest absolute Gasteiger partial charge is 0.142 e. The molecule has 0 aliphatic heterocycles. The Labute approximate surface area is 88.1 Å². The molecule has 1 aliphatic rings. The Kier molecular flexibility index (Phi) is 2.75. The molecule has 0 spiro atoms. The van der Waals surface area contributed by atoms with Crippen molar-refractivity contribution in [2.24, 2.45) is 11.7 Å². The van der Waals surface area contributed by atoms with Crippen molar-refractivity contribution in [3.8, 4) is 0 Å². The van der Waals surface area contributed by atoms with Crippen LogP contribution in [-0.2, 0) is 0 Å². The second-order valence-corrected chi connectivity index (χ2v) is 4.30. The van der Waals surface area contributed by atoms with Gasteiger partial charge < -0.3 is 5.73 Å². The first-order valence-electron chi connectivity index (χ1n) is 4.89. The topological polar surface area (TPSA) is 26.0 Å². The second-order valence-electron chi connectivity index (χ2n) is 3.89. The summed E-state index contributed by atoms with van der Waals surface area (Å²) in [6.45, 7) is 0. The number of halogens is 2. The molecule has 1 saturated carbocycles. The molecule has 14 heavy (non-hydrogen) atoms. The lowest BCUT2D eigenvalue weighted by molar-refractivity contribution is 0.264. The van der Waals surface area contributed by atoms with Gasteiger partial charge in [-0.15, -0.1) is 0 Å². The summed E-state index contributed by atoms with van der Waals surface area (Å²) in [5, 5.41) is 0.162. The molecule has 1 nitrogen and oxygen atoms in total. The molecule has 1 atom stereocenters. The van der Waals surface area contributed by atoms with Gasteiger partial charge in [0, 0.05) is 6.04 Å². The highest BCUT2D eigenvalue weighted by Crippen LogP contribution is 2.36. The van der Waals surface area contributed by atoms with Gasteiger partial charge in [-0.1, -0.05) is 24.1 Å². The van der Waals surface area contributed by atoms with Crippen molar-refractivity contribution in [1.29, 1.82) is 0 Å². The van der Waals surface area contributed by atoms with E-state index in [1.807, 2.05) is 6.07 Å². The standard InChI is InChI=1S/C11H13ClFN/c12-9-5-4-8(6-10(9)13)11(14)7-2-1-3-7/h4-7,11H,1-3,14H2. The van der Waals surface area contributed by atoms with E-state index >= 15 is 0 Å². The molecule has 1 aromatic carbocycles. The van der Waals surface area contributed by atoms with E-state index < -0.39 is 0 Å². The summed E-state index contributed by atoms with van der Waals surface area (Å²) in [7, 11) is 0. The summed E-state index contributed by atoms with van der Waals surface area (Å²) < 4.78 is 13.1. The van der Waals surface area contributed by atoms with E-state index in [1.165, 1.54) is 12.5 Å². The van der Waals surface area contributed by atoms with Gasteiger partial charge in [-0.05, 0) is 36.5 Å². The summed E-state index contributed by atoms with van der Waals surface area (Å²) in [6.07, 6.45) is 3.56. The Morgan fingerprint density at radius 3 is 2.64 bits per heavy atom. The minimum atomic E-state index is -0.376. The first-order valence-corrected chi connectivity index (χ1v) is 5.27. The summed E-state index contributed by atoms with van der Waals surface area (Å²) >= 11 is 5.60. The molecule has 1 fully saturated rings. The molecule has 0 radical (unpaired) electrons. The zero-order valence-corrected chi connectivity index (χ0v) is 8.60. The van der Waals surface area contributed by atoms with Gasteiger partial charge >= 0.3 is 0 Å². The molecule has 3 heteroatoms. The molecule has 76 valence electrons. The number of benzene rings is 1. The number of rotatable bonds is 2. The van der Waals surface area contributed by atoms with Crippen LogP contribution in [0, 0.1) is 11.7 Å². The van der Waals surface area contributed by atoms with Gasteiger partial charge in [0.25, 0.3) is 0 Å². The minimum absolute atomic E-state index is 0.0319. The van der Waals surface area contributed by atoms with Gasteiger partial charge in [0.1, 0.15) is 5.82 Å². The van der Waals surface area contributed by atoms with E-state index in [4.69, 9.17) is 17.3 Å². The fourth-order valence-electron chi connectivity index (χ4n) is 1.79. The van der Waals surface area contributed by atoms with Crippen LogP contribution in [0.15, 0.2) is 18.2 Å². The highest BCUT2D eigenvalue weighted by Gasteiger charge is 2.25. The summed E-state index contributed by atoms with van der Waals surface area (Å²) in [5.41, 5.74) is 6.87. The largest absolute Gasteiger partial charge is 0.324 e. The Morgan fingerprint density at radius 1 is 1.43 bits per heavy atom. The number of nitrogens with two attached hydrogens (primary N) is 1. The van der Waals surface area contributed by atoms with Crippen LogP contribution >= 0.6 is 11.6 Å². The van der Waals surface area contributed by atoms with E-state index in [9.17, 15) is 4.39 Å². The summed E-state index contributed by atoms with van der Waals surface area (Å²) in [5.74, 6) is 0.148. The predicted octanol–water partition coefficient (Wildman–Crippen LogP) is 3.28. The Bertz CT molecular complexity index is 336. The molecule has 2 rings (SSSR count). The maximum absolute atomic E-state index is 13.1. The molecule has 1 aliphatic carbocycles. The molecular formula is C11H13ClFN. The zero-order chi connectivity index (χ0) is 10.1. The van der Waals surface area contributed by atoms with Crippen LogP contribution in [0.2, 0.25) is 5.02 Å². The molecule has 0 bridgehead atoms. The Hall–Kier alpha value is -0.600. The van der Waals surface area contributed by atoms with Crippen LogP contribution < -0.4 is 5.73 Å². The fourth-order valence-corrected chi connectivity index (χ4v) is 1.91. The van der Waals surface area contributed by atoms with Gasteiger partial charge in [-0.3, -0.25) is 0 Å². The zero-order valence-electron chi connectivity index (χ0n) is 7.84. The third-order valence-electron chi connectivity index (χ3n) is 2.99. The maximum atomic E-state index is 13.1. The lowest BCUT2D eigenvalue weighted by Crippen LogP contribution is -2.26. The van der Waals surface area contributed by atoms with Crippen molar-refractivity contribution in [2.75, 3.05) is 0 Å². The summed E-state index contributed by atoms with van der Waals surface area (Å²) in [6, 6.07) is 4.81. The highest BCUT2D eigenvalue weighted by molar-refractivity contribution is 6.30. The molecule has 0 saturated heterocycles. The molecule has 1 aromatic rings. The Morgan fingerprint density at radius 2 is 2.14 bits per heavy atom. The fraction of sp³-hybridized carbons (Fsp3) is 0.455. The third-order valence-corrected chi connectivity index (χ3v) is 3.29. The Balaban J connectivity index is 2.18. The molecule has 1 unspecified atom stereocenters. The van der Waals surface area contributed by atoms with Crippen molar-refractivity contribution >= 4 is 11.6 Å². The number of hydrogen-bond acceptors (Lipinski definition) is 1. The molecular weight excluding hydrogens is 201 g/mol. The van der Waals surface area contributed by atoms with E-state index in [2.05, 4.69) is 0 Å². The van der Waals surface area contributed by atoms with Gasteiger partial charge in [-0.2, -0.15) is 0 Å². The average Bonchev–Trinajstić information content (AvgIpc) is 2.06. The molecule has 0 aromatic heterocycles. The van der Waals surface area contributed by atoms with Gasteiger partial charge in [0.05, 0.1) is 5.02 Å². The third kappa shape index (κ3) is 1.77. The van der Waals surface area contributed by atoms with Crippen LogP contribution in [0.25, 0.3) is 0 Å². The normalized spacial score (nSPS) is 19.1. The van der Waals surface area contributed by atoms with E-state index in [1.54, 1.807) is 6.07 Å². The van der Waals surface area contributed by atoms with Crippen LogP contribution in [0.1, 0.15) is 30.9 Å². The quantitative estimate of drug-likeness (QED) is 0.802. The van der Waals surface area contributed by atoms with E-state index in [-0.39, 0.29) is 16.9 Å². The SMILES string of the molecule is NC(c1ccc(Cl)c(F)c1)C1CCC1. The van der Waals surface area contributed by atoms with Crippen LogP contribution in [-0.4, -0.2) is 0 Å². The minimum Gasteiger partial charge on any atom is -0.324 e. The van der Waals surface area contributed by atoms with Crippen molar-refractivity contribution in [3.05, 3.63) is 34.6 Å². The molecule has 2 N–H and O–H groups in total. The van der Waals surface area contributed by atoms with Crippen molar-refractivity contribution in [1.82, 2.24) is 0 Å². The van der Waals surface area contributed by atoms with E-state index in [0.29, 0.717) is 5.92 Å². The van der Waals surface area contributed by atoms with Crippen LogP contribution in [0.3, 0.4) is 0 Å². The first-order chi connectivity index (χ1) is 6.68. The molecule has 0 heterocycles.